The molecular weight excluding hydrogens is 156 g/mol. The molecule has 1 rings (SSSR count). The molecule has 0 aliphatic heterocycles. The predicted molar refractivity (Wildman–Crippen MR) is 50.9 cm³/mol. The van der Waals surface area contributed by atoms with Gasteiger partial charge in [-0.3, -0.25) is 0 Å². The molecule has 3 heteroatoms. The summed E-state index contributed by atoms with van der Waals surface area (Å²) in [7, 11) is 0. The van der Waals surface area contributed by atoms with Gasteiger partial charge in [0.25, 0.3) is 0 Å². The molecule has 0 aromatic carbocycles. The van der Waals surface area contributed by atoms with E-state index in [0.29, 0.717) is 5.75 Å². The number of pyridine rings is 1. The third-order valence-electron chi connectivity index (χ3n) is 1.16. The van der Waals surface area contributed by atoms with Crippen molar-refractivity contribution in [1.82, 2.24) is 4.98 Å². The van der Waals surface area contributed by atoms with Crippen molar-refractivity contribution >= 4 is 18.4 Å². The van der Waals surface area contributed by atoms with Crippen LogP contribution in [0.1, 0.15) is 0 Å². The first-order chi connectivity index (χ1) is 5.33. The summed E-state index contributed by atoms with van der Waals surface area (Å²) in [6.07, 6.45) is 1.73. The Morgan fingerprint density at radius 2 is 2.45 bits per heavy atom. The van der Waals surface area contributed by atoms with Gasteiger partial charge in [-0.15, -0.1) is 0 Å². The van der Waals surface area contributed by atoms with Crippen molar-refractivity contribution in [2.75, 3.05) is 11.1 Å². The Morgan fingerprint density at radius 1 is 1.64 bits per heavy atom. The lowest BCUT2D eigenvalue weighted by Gasteiger charge is -2.04. The molecule has 2 nitrogen and oxygen atoms in total. The second-order valence-electron chi connectivity index (χ2n) is 2.10. The van der Waals surface area contributed by atoms with Gasteiger partial charge in [0.15, 0.2) is 0 Å². The van der Waals surface area contributed by atoms with E-state index in [0.717, 1.165) is 11.5 Å². The minimum absolute atomic E-state index is 0.622. The summed E-state index contributed by atoms with van der Waals surface area (Å²) in [5, 5.41) is 3.01. The zero-order valence-corrected chi connectivity index (χ0v) is 7.01. The quantitative estimate of drug-likeness (QED) is 0.671. The van der Waals surface area contributed by atoms with Gasteiger partial charge in [-0.25, -0.2) is 4.98 Å². The highest BCUT2D eigenvalue weighted by Crippen LogP contribution is 2.03. The Labute approximate surface area is 71.8 Å². The summed E-state index contributed by atoms with van der Waals surface area (Å²) in [6, 6.07) is 5.67. The number of rotatable bonds is 3. The standard InChI is InChI=1S/C8H10N2S/c1-7(6-11)10-8-4-2-3-5-9-8/h2-5,11H,1,6H2,(H,9,10). The minimum atomic E-state index is 0.622. The average Bonchev–Trinajstić information content (AvgIpc) is 2.06. The normalized spacial score (nSPS) is 9.18. The van der Waals surface area contributed by atoms with Crippen molar-refractivity contribution in [2.24, 2.45) is 0 Å². The summed E-state index contributed by atoms with van der Waals surface area (Å²) >= 11 is 4.06. The van der Waals surface area contributed by atoms with Gasteiger partial charge in [0, 0.05) is 17.6 Å². The van der Waals surface area contributed by atoms with Crippen LogP contribution in [0.15, 0.2) is 36.7 Å². The van der Waals surface area contributed by atoms with Crippen LogP contribution in [0, 0.1) is 0 Å². The highest BCUT2D eigenvalue weighted by molar-refractivity contribution is 7.80. The third kappa shape index (κ3) is 2.63. The number of aromatic nitrogens is 1. The number of hydrogen-bond acceptors (Lipinski definition) is 3. The predicted octanol–water partition coefficient (Wildman–Crippen LogP) is 1.94. The van der Waals surface area contributed by atoms with Crippen molar-refractivity contribution in [2.45, 2.75) is 0 Å². The minimum Gasteiger partial charge on any atom is -0.344 e. The topological polar surface area (TPSA) is 24.9 Å². The van der Waals surface area contributed by atoms with E-state index in [1.54, 1.807) is 6.20 Å². The summed E-state index contributed by atoms with van der Waals surface area (Å²) in [6.45, 7) is 3.74. The molecule has 0 atom stereocenters. The van der Waals surface area contributed by atoms with Crippen LogP contribution < -0.4 is 5.32 Å². The molecule has 0 unspecified atom stereocenters. The number of anilines is 1. The van der Waals surface area contributed by atoms with E-state index >= 15 is 0 Å². The van der Waals surface area contributed by atoms with Crippen LogP contribution in [0.25, 0.3) is 0 Å². The van der Waals surface area contributed by atoms with E-state index in [9.17, 15) is 0 Å². The number of nitrogens with zero attached hydrogens (tertiary/aromatic N) is 1. The molecule has 11 heavy (non-hydrogen) atoms. The second kappa shape index (κ2) is 4.03. The fraction of sp³-hybridized carbons (Fsp3) is 0.125. The summed E-state index contributed by atoms with van der Waals surface area (Å²) in [4.78, 5) is 4.06. The molecule has 1 N–H and O–H groups in total. The summed E-state index contributed by atoms with van der Waals surface area (Å²) in [5.41, 5.74) is 0.854. The Kier molecular flexibility index (Phi) is 2.98. The highest BCUT2D eigenvalue weighted by atomic mass is 32.1. The molecule has 1 aromatic heterocycles. The Hall–Kier alpha value is -0.960. The van der Waals surface area contributed by atoms with Crippen LogP contribution >= 0.6 is 12.6 Å². The molecule has 1 heterocycles. The van der Waals surface area contributed by atoms with Crippen molar-refractivity contribution in [3.05, 3.63) is 36.7 Å². The molecule has 0 aliphatic carbocycles. The van der Waals surface area contributed by atoms with E-state index in [-0.39, 0.29) is 0 Å². The van der Waals surface area contributed by atoms with Gasteiger partial charge in [-0.2, -0.15) is 12.6 Å². The van der Waals surface area contributed by atoms with E-state index in [2.05, 4.69) is 29.5 Å². The average molecular weight is 166 g/mol. The highest BCUT2D eigenvalue weighted by Gasteiger charge is 1.91. The number of thiol groups is 1. The van der Waals surface area contributed by atoms with Gasteiger partial charge >= 0.3 is 0 Å². The lowest BCUT2D eigenvalue weighted by atomic mass is 10.4. The third-order valence-corrected chi connectivity index (χ3v) is 1.54. The number of hydrogen-bond donors (Lipinski definition) is 2. The smallest absolute Gasteiger partial charge is 0.130 e. The lowest BCUT2D eigenvalue weighted by molar-refractivity contribution is 1.27. The van der Waals surface area contributed by atoms with Gasteiger partial charge in [0.2, 0.25) is 0 Å². The fourth-order valence-corrected chi connectivity index (χ4v) is 0.736. The molecule has 0 radical (unpaired) electrons. The van der Waals surface area contributed by atoms with Crippen molar-refractivity contribution in [1.29, 1.82) is 0 Å². The van der Waals surface area contributed by atoms with Crippen molar-refractivity contribution < 1.29 is 0 Å². The van der Waals surface area contributed by atoms with E-state index in [4.69, 9.17) is 0 Å². The van der Waals surface area contributed by atoms with Crippen LogP contribution in [0.3, 0.4) is 0 Å². The van der Waals surface area contributed by atoms with Gasteiger partial charge in [-0.05, 0) is 12.1 Å². The van der Waals surface area contributed by atoms with Crippen LogP contribution in [-0.2, 0) is 0 Å². The van der Waals surface area contributed by atoms with E-state index < -0.39 is 0 Å². The molecule has 0 fully saturated rings. The largest absolute Gasteiger partial charge is 0.344 e. The maximum absolute atomic E-state index is 4.06. The molecule has 58 valence electrons. The molecule has 0 saturated heterocycles. The van der Waals surface area contributed by atoms with Crippen LogP contribution in [-0.4, -0.2) is 10.7 Å². The second-order valence-corrected chi connectivity index (χ2v) is 2.42. The SMILES string of the molecule is C=C(CS)Nc1ccccn1. The first-order valence-corrected chi connectivity index (χ1v) is 3.93. The maximum Gasteiger partial charge on any atom is 0.130 e. The molecule has 0 saturated carbocycles. The lowest BCUT2D eigenvalue weighted by Crippen LogP contribution is -1.99. The molecule has 0 aliphatic rings. The van der Waals surface area contributed by atoms with E-state index in [1.807, 2.05) is 18.2 Å². The zero-order valence-electron chi connectivity index (χ0n) is 6.12. The Bertz CT molecular complexity index is 233. The van der Waals surface area contributed by atoms with Gasteiger partial charge in [-0.1, -0.05) is 12.6 Å². The van der Waals surface area contributed by atoms with Gasteiger partial charge < -0.3 is 5.32 Å². The van der Waals surface area contributed by atoms with Gasteiger partial charge in [0.05, 0.1) is 0 Å². The monoisotopic (exact) mass is 166 g/mol. The molecular formula is C8H10N2S. The van der Waals surface area contributed by atoms with Crippen LogP contribution in [0.5, 0.6) is 0 Å². The zero-order chi connectivity index (χ0) is 8.10. The summed E-state index contributed by atoms with van der Waals surface area (Å²) < 4.78 is 0. The number of nitrogens with one attached hydrogen (secondary N) is 1. The molecule has 0 bridgehead atoms. The van der Waals surface area contributed by atoms with E-state index in [1.165, 1.54) is 0 Å². The summed E-state index contributed by atoms with van der Waals surface area (Å²) in [5.74, 6) is 1.43. The Morgan fingerprint density at radius 3 is 3.00 bits per heavy atom. The van der Waals surface area contributed by atoms with Crippen LogP contribution in [0.2, 0.25) is 0 Å². The van der Waals surface area contributed by atoms with Crippen molar-refractivity contribution in [3.8, 4) is 0 Å². The first kappa shape index (κ1) is 8.14. The fourth-order valence-electron chi connectivity index (χ4n) is 0.657. The van der Waals surface area contributed by atoms with Crippen molar-refractivity contribution in [3.63, 3.8) is 0 Å². The first-order valence-electron chi connectivity index (χ1n) is 3.29. The molecule has 0 spiro atoms. The van der Waals surface area contributed by atoms with Crippen LogP contribution in [0.4, 0.5) is 5.82 Å². The molecule has 0 amide bonds. The van der Waals surface area contributed by atoms with Gasteiger partial charge in [0.1, 0.15) is 5.82 Å². The maximum atomic E-state index is 4.06. The molecule has 1 aromatic rings. The Balaban J connectivity index is 2.58.